The predicted molar refractivity (Wildman–Crippen MR) is 515 cm³/mol. The Morgan fingerprint density at radius 2 is 0.615 bits per heavy atom. The number of nitrogens with zero attached hydrogens (tertiary/aromatic N) is 3. The third-order valence-corrected chi connectivity index (χ3v) is 27.6. The van der Waals surface area contributed by atoms with Crippen LogP contribution in [0.15, 0.2) is 195 Å². The van der Waals surface area contributed by atoms with Gasteiger partial charge in [0.2, 0.25) is 30.1 Å². The van der Waals surface area contributed by atoms with Crippen LogP contribution in [0, 0.1) is 17.5 Å². The second kappa shape index (κ2) is 45.1. The molecule has 3 aliphatic rings. The summed E-state index contributed by atoms with van der Waals surface area (Å²) in [7, 11) is -2.27. The lowest BCUT2D eigenvalue weighted by molar-refractivity contribution is 0.0592. The van der Waals surface area contributed by atoms with Crippen molar-refractivity contribution in [2.24, 2.45) is 0 Å². The zero-order valence-corrected chi connectivity index (χ0v) is 79.5. The molecule has 0 atom stereocenters. The Kier molecular flexibility index (Phi) is 33.4. The number of aryl methyl sites for hydroxylation is 3. The van der Waals surface area contributed by atoms with Crippen molar-refractivity contribution in [2.45, 2.75) is 133 Å². The van der Waals surface area contributed by atoms with Crippen molar-refractivity contribution in [3.8, 4) is 34.0 Å². The molecule has 26 nitrogen and oxygen atoms in total. The lowest BCUT2D eigenvalue weighted by Gasteiger charge is -2.25. The van der Waals surface area contributed by atoms with Gasteiger partial charge in [-0.15, -0.1) is 0 Å². The van der Waals surface area contributed by atoms with Gasteiger partial charge < -0.3 is 52.9 Å². The van der Waals surface area contributed by atoms with Crippen LogP contribution in [0.25, 0.3) is 66.9 Å². The fourth-order valence-corrected chi connectivity index (χ4v) is 19.5. The van der Waals surface area contributed by atoms with Crippen LogP contribution in [0.4, 0.5) is 30.2 Å². The van der Waals surface area contributed by atoms with Crippen molar-refractivity contribution in [2.75, 3.05) is 120 Å². The number of ether oxygens (including phenoxy) is 5. The van der Waals surface area contributed by atoms with E-state index in [1.807, 2.05) is 54.6 Å². The van der Waals surface area contributed by atoms with Crippen molar-refractivity contribution < 1.29 is 104 Å². The molecule has 3 fully saturated rings. The van der Waals surface area contributed by atoms with E-state index in [-0.39, 0.29) is 78.8 Å². The molecule has 9 aromatic carbocycles. The first kappa shape index (κ1) is 99.8. The fourth-order valence-electron chi connectivity index (χ4n) is 16.6. The number of unbranched alkanes of at least 4 members (excludes halogenated alkanes) is 5. The largest absolute Gasteiger partial charge is 0.465 e. The molecule has 15 rings (SSSR count). The summed E-state index contributed by atoms with van der Waals surface area (Å²) < 4.78 is 168. The van der Waals surface area contributed by atoms with Crippen molar-refractivity contribution in [3.63, 3.8) is 0 Å². The number of esters is 3. The van der Waals surface area contributed by atoms with Gasteiger partial charge in [0.25, 0.3) is 17.7 Å². The molecule has 3 heterocycles. The Morgan fingerprint density at radius 3 is 0.926 bits per heavy atom. The number of rotatable bonds is 42. The number of anilines is 3. The number of benzene rings is 9. The molecule has 135 heavy (non-hydrogen) atoms. The van der Waals surface area contributed by atoms with Crippen LogP contribution in [-0.2, 0) is 73.0 Å². The lowest BCUT2D eigenvalue weighted by atomic mass is 10.00. The zero-order valence-electron chi connectivity index (χ0n) is 77.1. The van der Waals surface area contributed by atoms with Crippen LogP contribution in [0.2, 0.25) is 0 Å². The van der Waals surface area contributed by atoms with Gasteiger partial charge in [-0.3, -0.25) is 27.3 Å². The Balaban J connectivity index is 0.000000171. The molecule has 3 aromatic heterocycles. The summed E-state index contributed by atoms with van der Waals surface area (Å²) in [6, 6.07) is 49.9. The van der Waals surface area contributed by atoms with Gasteiger partial charge in [0, 0.05) is 105 Å². The minimum absolute atomic E-state index is 0.118. The van der Waals surface area contributed by atoms with E-state index in [1.54, 1.807) is 98.0 Å². The third kappa shape index (κ3) is 25.5. The quantitative estimate of drug-likeness (QED) is 0.0182. The highest BCUT2D eigenvalue weighted by Crippen LogP contribution is 2.52. The van der Waals surface area contributed by atoms with Crippen LogP contribution in [0.5, 0.6) is 0 Å². The smallest absolute Gasteiger partial charge is 0.337 e. The van der Waals surface area contributed by atoms with Gasteiger partial charge in [-0.05, 0) is 275 Å². The van der Waals surface area contributed by atoms with E-state index < -0.39 is 47.5 Å². The maximum Gasteiger partial charge on any atom is 0.337 e. The standard InChI is InChI=1S/C35H39FN2O6S.2C34H37FN2O7S/c1-37-34(39)32-29-21-28(24-14-15-24)30(22-31(29)44-33(32)25-16-18-27(36)19-17-25)38(45(3,41)42)20-8-6-4-5-7-9-23-10-12-26(13-11-23)35(40)43-2;1-36-33(38)31-28-20-27(23-11-12-23)29(21-30(28)44-32(31)24-13-15-26(35)16-14-24)37(45(3,40)41)17-5-19-43-18-4-6-22-7-9-25(10-8-22)34(39)42-2;1-36-33(38)31-28-20-27(23-11-12-23)29(21-30(28)44-32(31)24-13-15-26(35)16-14-24)37(45(3,40)41)17-19-43-18-5-4-6-22-7-9-25(10-8-22)34(39)42-2/h10-13,16-19,21-22,24H,4-9,14-15,20H2,1-3H3,(H,37,39);2*7-10,13-16,20-21,23H,4-6,11-12,17-19H2,1-3H3,(H,36,38). The third-order valence-electron chi connectivity index (χ3n) is 24.1. The predicted octanol–water partition coefficient (Wildman–Crippen LogP) is 19.4. The summed E-state index contributed by atoms with van der Waals surface area (Å²) in [6.45, 7) is 2.24. The SMILES string of the molecule is CNC(=O)c1c(-c2ccc(F)cc2)oc2cc(N(CCCCCCCc3ccc(C(=O)OC)cc3)S(C)(=O)=O)c(C3CC3)cc12.CNC(=O)c1c(-c2ccc(F)cc2)oc2cc(N(CCCOCCCc3ccc(C(=O)OC)cc3)S(C)(=O)=O)c(C3CC3)cc12.CNC(=O)c1c(-c2ccc(F)cc2)oc2cc(N(CCOCCCCc3ccc(C(=O)OC)cc3)S(C)(=O)=O)c(C3CC3)cc12. The second-order valence-electron chi connectivity index (χ2n) is 33.9. The van der Waals surface area contributed by atoms with E-state index in [9.17, 15) is 67.2 Å². The number of hydrogen-bond acceptors (Lipinski definition) is 20. The lowest BCUT2D eigenvalue weighted by Crippen LogP contribution is -2.34. The monoisotopic (exact) mass is 1910 g/mol. The summed E-state index contributed by atoms with van der Waals surface area (Å²) in [5, 5.41) is 9.76. The highest BCUT2D eigenvalue weighted by Gasteiger charge is 2.38. The van der Waals surface area contributed by atoms with Gasteiger partial charge in [-0.25, -0.2) is 52.8 Å². The van der Waals surface area contributed by atoms with E-state index in [0.29, 0.717) is 151 Å². The van der Waals surface area contributed by atoms with Crippen LogP contribution < -0.4 is 28.9 Å². The number of furan rings is 3. The molecule has 0 aliphatic heterocycles. The topological polar surface area (TPSA) is 336 Å². The van der Waals surface area contributed by atoms with Gasteiger partial charge in [0.05, 0.1) is 104 Å². The number of carbonyl (C=O) groups excluding carboxylic acids is 6. The van der Waals surface area contributed by atoms with Crippen LogP contribution in [0.3, 0.4) is 0 Å². The fraction of sp³-hybridized carbons (Fsp3) is 0.359. The molecule has 0 radical (unpaired) electrons. The molecule has 3 saturated carbocycles. The summed E-state index contributed by atoms with van der Waals surface area (Å²) in [5.74, 6) is -1.89. The average Bonchev–Trinajstić information content (AvgIpc) is 1.60. The zero-order chi connectivity index (χ0) is 96.4. The highest BCUT2D eigenvalue weighted by atomic mass is 32.2. The molecule has 0 bridgehead atoms. The van der Waals surface area contributed by atoms with Gasteiger partial charge in [-0.2, -0.15) is 0 Å². The molecule has 32 heteroatoms. The van der Waals surface area contributed by atoms with E-state index in [4.69, 9.17) is 36.9 Å². The highest BCUT2D eigenvalue weighted by molar-refractivity contribution is 7.92. The molecule has 0 spiro atoms. The molecule has 0 unspecified atom stereocenters. The van der Waals surface area contributed by atoms with E-state index in [2.05, 4.69) is 16.0 Å². The van der Waals surface area contributed by atoms with Crippen molar-refractivity contribution >= 4 is 116 Å². The van der Waals surface area contributed by atoms with Crippen molar-refractivity contribution in [1.82, 2.24) is 16.0 Å². The molecule has 714 valence electrons. The first-order valence-corrected chi connectivity index (χ1v) is 50.7. The van der Waals surface area contributed by atoms with Crippen molar-refractivity contribution in [1.29, 1.82) is 0 Å². The molecular formula is C103H113F3N6O20S3. The summed E-state index contributed by atoms with van der Waals surface area (Å²) in [5.41, 5.74) is 12.9. The van der Waals surface area contributed by atoms with Gasteiger partial charge in [0.15, 0.2) is 0 Å². The number of fused-ring (bicyclic) bond motifs is 3. The number of halogens is 3. The summed E-state index contributed by atoms with van der Waals surface area (Å²) in [6.07, 6.45) is 19.1. The number of carbonyl (C=O) groups is 6. The van der Waals surface area contributed by atoms with Crippen LogP contribution in [-0.4, -0.2) is 168 Å². The number of sulfonamides is 3. The minimum atomic E-state index is -3.68. The Hall–Kier alpha value is -12.6. The van der Waals surface area contributed by atoms with Crippen LogP contribution in [0.1, 0.15) is 210 Å². The number of amides is 3. The average molecular weight is 1910 g/mol. The molecular weight excluding hydrogens is 1790 g/mol. The molecule has 3 N–H and O–H groups in total. The van der Waals surface area contributed by atoms with Crippen molar-refractivity contribution in [3.05, 3.63) is 266 Å². The maximum atomic E-state index is 13.7. The number of methoxy groups -OCH3 is 3. The normalized spacial score (nSPS) is 13.2. The Morgan fingerprint density at radius 1 is 0.341 bits per heavy atom. The Labute approximate surface area is 784 Å². The van der Waals surface area contributed by atoms with Gasteiger partial charge >= 0.3 is 17.9 Å². The minimum Gasteiger partial charge on any atom is -0.465 e. The van der Waals surface area contributed by atoms with E-state index >= 15 is 0 Å². The summed E-state index contributed by atoms with van der Waals surface area (Å²) >= 11 is 0. The number of nitrogens with one attached hydrogen (secondary N) is 3. The summed E-state index contributed by atoms with van der Waals surface area (Å²) in [4.78, 5) is 73.9. The van der Waals surface area contributed by atoms with Gasteiger partial charge in [-0.1, -0.05) is 55.7 Å². The van der Waals surface area contributed by atoms with E-state index in [0.717, 1.165) is 136 Å². The Bertz CT molecular complexity index is 5970. The molecule has 0 saturated heterocycles. The first-order chi connectivity index (χ1) is 64.8. The molecule has 3 aliphatic carbocycles. The van der Waals surface area contributed by atoms with E-state index in [1.165, 1.54) is 104 Å². The molecule has 12 aromatic rings. The molecule has 3 amide bonds. The van der Waals surface area contributed by atoms with Gasteiger partial charge in [0.1, 0.15) is 51.5 Å². The first-order valence-electron chi connectivity index (χ1n) is 45.2. The second-order valence-corrected chi connectivity index (χ2v) is 39.7. The van der Waals surface area contributed by atoms with Crippen LogP contribution >= 0.6 is 0 Å². The maximum absolute atomic E-state index is 13.7. The number of hydrogen-bond donors (Lipinski definition) is 3.